The molecular weight excluding hydrogens is 360 g/mol. The van der Waals surface area contributed by atoms with Crippen molar-refractivity contribution in [1.29, 1.82) is 0 Å². The summed E-state index contributed by atoms with van der Waals surface area (Å²) < 4.78 is 11.0. The molecule has 27 heavy (non-hydrogen) atoms. The minimum absolute atomic E-state index is 0.0408. The molecule has 0 atom stereocenters. The molecule has 142 valence electrons. The van der Waals surface area contributed by atoms with Gasteiger partial charge in [-0.15, -0.1) is 11.3 Å². The first-order valence-corrected chi connectivity index (χ1v) is 10.4. The van der Waals surface area contributed by atoms with Gasteiger partial charge in [0.05, 0.1) is 19.1 Å². The first-order chi connectivity index (χ1) is 13.2. The number of nitrogens with zero attached hydrogens (tertiary/aromatic N) is 1. The van der Waals surface area contributed by atoms with Crippen LogP contribution in [0.2, 0.25) is 0 Å². The Labute approximate surface area is 162 Å². The lowest BCUT2D eigenvalue weighted by Crippen LogP contribution is -2.10. The van der Waals surface area contributed by atoms with Crippen molar-refractivity contribution >= 4 is 21.6 Å². The number of nitrogens with one attached hydrogen (secondary N) is 1. The van der Waals surface area contributed by atoms with Gasteiger partial charge in [0.2, 0.25) is 0 Å². The number of aryl methyl sites for hydroxylation is 2. The van der Waals surface area contributed by atoms with Crippen LogP contribution in [0, 0.1) is 0 Å². The molecule has 1 aliphatic carbocycles. The molecule has 5 nitrogen and oxygen atoms in total. The predicted octanol–water partition coefficient (Wildman–Crippen LogP) is 4.72. The fraction of sp³-hybridized carbons (Fsp3) is 0.429. The van der Waals surface area contributed by atoms with Crippen LogP contribution >= 0.6 is 11.3 Å². The lowest BCUT2D eigenvalue weighted by molar-refractivity contribution is 0.311. The van der Waals surface area contributed by atoms with Crippen LogP contribution in [0.25, 0.3) is 21.6 Å². The second-order valence-electron chi connectivity index (χ2n) is 6.81. The van der Waals surface area contributed by atoms with Crippen molar-refractivity contribution in [1.82, 2.24) is 9.97 Å². The predicted molar refractivity (Wildman–Crippen MR) is 109 cm³/mol. The first-order valence-electron chi connectivity index (χ1n) is 9.57. The van der Waals surface area contributed by atoms with Crippen molar-refractivity contribution in [2.75, 3.05) is 13.7 Å². The van der Waals surface area contributed by atoms with Crippen LogP contribution in [0.5, 0.6) is 11.5 Å². The standard InChI is InChI=1S/C21H24N2O3S/c1-3-26-15-11-10-13(12-16(15)25-2)19-22-20(24)18-14-8-6-4-5-7-9-17(14)27-21(18)23-19/h10-12H,3-9H2,1-2H3,(H,22,23,24). The molecule has 0 unspecified atom stereocenters. The molecule has 0 radical (unpaired) electrons. The van der Waals surface area contributed by atoms with Crippen LogP contribution in [-0.4, -0.2) is 23.7 Å². The second kappa shape index (κ2) is 7.72. The average Bonchev–Trinajstić information content (AvgIpc) is 2.99. The summed E-state index contributed by atoms with van der Waals surface area (Å²) in [6.07, 6.45) is 6.90. The van der Waals surface area contributed by atoms with Crippen molar-refractivity contribution in [2.24, 2.45) is 0 Å². The third-order valence-corrected chi connectivity index (χ3v) is 6.25. The van der Waals surface area contributed by atoms with Crippen LogP contribution in [-0.2, 0) is 12.8 Å². The van der Waals surface area contributed by atoms with Crippen LogP contribution in [0.3, 0.4) is 0 Å². The molecule has 1 N–H and O–H groups in total. The molecule has 3 aromatic rings. The Bertz CT molecular complexity index is 1020. The number of thiophene rings is 1. The van der Waals surface area contributed by atoms with Crippen molar-refractivity contribution in [3.63, 3.8) is 0 Å². The third kappa shape index (κ3) is 3.46. The number of hydrogen-bond acceptors (Lipinski definition) is 5. The Kier molecular flexibility index (Phi) is 5.16. The van der Waals surface area contributed by atoms with E-state index in [0.29, 0.717) is 23.9 Å². The van der Waals surface area contributed by atoms with Gasteiger partial charge in [-0.3, -0.25) is 4.79 Å². The van der Waals surface area contributed by atoms with Crippen molar-refractivity contribution in [2.45, 2.75) is 45.4 Å². The summed E-state index contributed by atoms with van der Waals surface area (Å²) in [7, 11) is 1.61. The Morgan fingerprint density at radius 3 is 2.74 bits per heavy atom. The summed E-state index contributed by atoms with van der Waals surface area (Å²) in [5.74, 6) is 1.89. The van der Waals surface area contributed by atoms with Crippen molar-refractivity contribution < 1.29 is 9.47 Å². The molecule has 0 aliphatic heterocycles. The van der Waals surface area contributed by atoms with Gasteiger partial charge in [0.15, 0.2) is 11.5 Å². The molecule has 0 amide bonds. The number of rotatable bonds is 4. The van der Waals surface area contributed by atoms with Crippen molar-refractivity contribution in [3.05, 3.63) is 39.0 Å². The lowest BCUT2D eigenvalue weighted by atomic mass is 9.98. The monoisotopic (exact) mass is 384 g/mol. The zero-order valence-corrected chi connectivity index (χ0v) is 16.6. The molecule has 0 spiro atoms. The minimum atomic E-state index is -0.0408. The quantitative estimate of drug-likeness (QED) is 0.707. The van der Waals surface area contributed by atoms with E-state index in [1.807, 2.05) is 25.1 Å². The Morgan fingerprint density at radius 1 is 1.15 bits per heavy atom. The van der Waals surface area contributed by atoms with E-state index >= 15 is 0 Å². The second-order valence-corrected chi connectivity index (χ2v) is 7.89. The highest BCUT2D eigenvalue weighted by Crippen LogP contribution is 2.35. The Morgan fingerprint density at radius 2 is 1.96 bits per heavy atom. The van der Waals surface area contributed by atoms with Gasteiger partial charge < -0.3 is 14.5 Å². The highest BCUT2D eigenvalue weighted by molar-refractivity contribution is 7.18. The van der Waals surface area contributed by atoms with E-state index < -0.39 is 0 Å². The summed E-state index contributed by atoms with van der Waals surface area (Å²) in [6.45, 7) is 2.50. The van der Waals surface area contributed by atoms with Crippen LogP contribution in [0.15, 0.2) is 23.0 Å². The molecule has 0 bridgehead atoms. The fourth-order valence-corrected chi connectivity index (χ4v) is 5.01. The van der Waals surface area contributed by atoms with Gasteiger partial charge in [0.1, 0.15) is 10.7 Å². The van der Waals surface area contributed by atoms with Crippen molar-refractivity contribution in [3.8, 4) is 22.9 Å². The Hall–Kier alpha value is -2.34. The van der Waals surface area contributed by atoms with Gasteiger partial charge in [-0.05, 0) is 56.4 Å². The maximum Gasteiger partial charge on any atom is 0.260 e. The molecule has 1 aromatic carbocycles. The van der Waals surface area contributed by atoms with E-state index in [9.17, 15) is 4.79 Å². The number of aromatic nitrogens is 2. The molecule has 2 aromatic heterocycles. The number of H-pyrrole nitrogens is 1. The summed E-state index contributed by atoms with van der Waals surface area (Å²) in [5.41, 5.74) is 2.00. The lowest BCUT2D eigenvalue weighted by Gasteiger charge is -2.11. The molecule has 1 aliphatic rings. The summed E-state index contributed by atoms with van der Waals surface area (Å²) >= 11 is 1.68. The molecule has 6 heteroatoms. The number of hydrogen-bond donors (Lipinski definition) is 1. The van der Waals surface area contributed by atoms with Crippen LogP contribution in [0.1, 0.15) is 43.0 Å². The molecule has 4 rings (SSSR count). The molecule has 0 saturated carbocycles. The van der Waals surface area contributed by atoms with E-state index in [0.717, 1.165) is 35.0 Å². The third-order valence-electron chi connectivity index (χ3n) is 5.06. The zero-order chi connectivity index (χ0) is 18.8. The van der Waals surface area contributed by atoms with Gasteiger partial charge in [-0.2, -0.15) is 0 Å². The molecule has 0 fully saturated rings. The van der Waals surface area contributed by atoms with E-state index in [1.165, 1.54) is 29.7 Å². The number of fused-ring (bicyclic) bond motifs is 3. The van der Waals surface area contributed by atoms with E-state index in [2.05, 4.69) is 4.98 Å². The highest BCUT2D eigenvalue weighted by Gasteiger charge is 2.19. The first kappa shape index (κ1) is 18.0. The SMILES string of the molecule is CCOc1ccc(-c2nc3sc4c(c3c(=O)[nH]2)CCCCCC4)cc1OC. The van der Waals surface area contributed by atoms with Crippen LogP contribution in [0.4, 0.5) is 0 Å². The average molecular weight is 385 g/mol. The number of benzene rings is 1. The number of ether oxygens (including phenoxy) is 2. The molecular formula is C21H24N2O3S. The van der Waals surface area contributed by atoms with Gasteiger partial charge in [0.25, 0.3) is 5.56 Å². The molecule has 2 heterocycles. The molecule has 0 saturated heterocycles. The normalized spacial score (nSPS) is 14.4. The van der Waals surface area contributed by atoms with Gasteiger partial charge in [-0.25, -0.2) is 4.98 Å². The van der Waals surface area contributed by atoms with E-state index in [4.69, 9.17) is 14.5 Å². The van der Waals surface area contributed by atoms with Crippen LogP contribution < -0.4 is 15.0 Å². The van der Waals surface area contributed by atoms with Gasteiger partial charge in [0, 0.05) is 10.4 Å². The topological polar surface area (TPSA) is 64.2 Å². The fourth-order valence-electron chi connectivity index (χ4n) is 3.74. The van der Waals surface area contributed by atoms with Gasteiger partial charge >= 0.3 is 0 Å². The zero-order valence-electron chi connectivity index (χ0n) is 15.8. The van der Waals surface area contributed by atoms with E-state index in [-0.39, 0.29) is 5.56 Å². The Balaban J connectivity index is 1.81. The van der Waals surface area contributed by atoms with Gasteiger partial charge in [-0.1, -0.05) is 12.8 Å². The summed E-state index contributed by atoms with van der Waals surface area (Å²) in [4.78, 5) is 22.8. The van der Waals surface area contributed by atoms with E-state index in [1.54, 1.807) is 18.4 Å². The summed E-state index contributed by atoms with van der Waals surface area (Å²) in [5, 5.41) is 0.790. The largest absolute Gasteiger partial charge is 0.493 e. The smallest absolute Gasteiger partial charge is 0.260 e. The minimum Gasteiger partial charge on any atom is -0.493 e. The maximum absolute atomic E-state index is 12.9. The highest BCUT2D eigenvalue weighted by atomic mass is 32.1. The number of aromatic amines is 1. The number of methoxy groups -OCH3 is 1. The maximum atomic E-state index is 12.9. The summed E-state index contributed by atoms with van der Waals surface area (Å²) in [6, 6.07) is 5.62.